The number of amides is 1. The highest BCUT2D eigenvalue weighted by atomic mass is 35.5. The van der Waals surface area contributed by atoms with Gasteiger partial charge in [0.1, 0.15) is 36.4 Å². The first-order chi connectivity index (χ1) is 15.9. The number of carbonyl (C=O) groups is 1. The topological polar surface area (TPSA) is 71.3 Å². The van der Waals surface area contributed by atoms with E-state index in [1.165, 1.54) is 12.1 Å². The van der Waals surface area contributed by atoms with Crippen LogP contribution in [0, 0.1) is 25.2 Å². The second-order valence-corrected chi connectivity index (χ2v) is 8.11. The van der Waals surface area contributed by atoms with Crippen molar-refractivity contribution in [3.05, 3.63) is 93.0 Å². The van der Waals surface area contributed by atoms with Crippen molar-refractivity contribution < 1.29 is 14.3 Å². The smallest absolute Gasteiger partial charge is 0.266 e. The van der Waals surface area contributed by atoms with Gasteiger partial charge in [-0.1, -0.05) is 53.5 Å². The van der Waals surface area contributed by atoms with Crippen molar-refractivity contribution >= 4 is 40.9 Å². The fraction of sp³-hybridized carbons (Fsp3) is 0.154. The highest BCUT2D eigenvalue weighted by Crippen LogP contribution is 2.34. The van der Waals surface area contributed by atoms with E-state index in [-0.39, 0.29) is 23.8 Å². The molecule has 7 heteroatoms. The van der Waals surface area contributed by atoms with Gasteiger partial charge in [-0.15, -0.1) is 0 Å². The lowest BCUT2D eigenvalue weighted by molar-refractivity contribution is -0.112. The molecule has 1 amide bonds. The molecule has 0 bridgehead atoms. The third-order valence-corrected chi connectivity index (χ3v) is 5.16. The van der Waals surface area contributed by atoms with Crippen LogP contribution >= 0.6 is 23.2 Å². The van der Waals surface area contributed by atoms with E-state index in [1.54, 1.807) is 30.3 Å². The number of hydrogen-bond acceptors (Lipinski definition) is 4. The fourth-order valence-corrected chi connectivity index (χ4v) is 3.59. The van der Waals surface area contributed by atoms with Crippen molar-refractivity contribution in [1.82, 2.24) is 0 Å². The molecule has 0 radical (unpaired) electrons. The quantitative estimate of drug-likeness (QED) is 0.223. The van der Waals surface area contributed by atoms with Gasteiger partial charge in [0.05, 0.1) is 5.02 Å². The summed E-state index contributed by atoms with van der Waals surface area (Å²) >= 11 is 12.5. The van der Waals surface area contributed by atoms with Gasteiger partial charge in [-0.05, 0) is 61.4 Å². The van der Waals surface area contributed by atoms with Gasteiger partial charge in [0.25, 0.3) is 5.91 Å². The molecule has 3 rings (SSSR count). The Morgan fingerprint density at radius 2 is 1.76 bits per heavy atom. The summed E-state index contributed by atoms with van der Waals surface area (Å²) in [6.07, 6.45) is 1.40. The maximum atomic E-state index is 12.6. The summed E-state index contributed by atoms with van der Waals surface area (Å²) < 4.78 is 11.7. The molecule has 0 spiro atoms. The number of carbonyl (C=O) groups excluding carboxylic acids is 1. The Morgan fingerprint density at radius 1 is 1.03 bits per heavy atom. The van der Waals surface area contributed by atoms with Gasteiger partial charge in [0.2, 0.25) is 0 Å². The molecule has 0 unspecified atom stereocenters. The molecule has 0 heterocycles. The molecule has 0 aliphatic heterocycles. The largest absolute Gasteiger partial charge is 0.490 e. The van der Waals surface area contributed by atoms with Crippen LogP contribution in [0.15, 0.2) is 66.2 Å². The molecule has 0 saturated heterocycles. The minimum atomic E-state index is -0.552. The van der Waals surface area contributed by atoms with E-state index in [1.807, 2.05) is 44.2 Å². The maximum absolute atomic E-state index is 12.6. The summed E-state index contributed by atoms with van der Waals surface area (Å²) in [5, 5.41) is 12.9. The fourth-order valence-electron chi connectivity index (χ4n) is 3.02. The van der Waals surface area contributed by atoms with E-state index in [0.717, 1.165) is 16.9 Å². The first-order valence-corrected chi connectivity index (χ1v) is 10.9. The summed E-state index contributed by atoms with van der Waals surface area (Å²) in [5.74, 6) is 0.542. The molecule has 5 nitrogen and oxygen atoms in total. The van der Waals surface area contributed by atoms with Gasteiger partial charge >= 0.3 is 0 Å². The average molecular weight is 481 g/mol. The molecule has 3 aromatic carbocycles. The molecule has 0 saturated carbocycles. The van der Waals surface area contributed by atoms with Crippen LogP contribution in [-0.2, 0) is 4.79 Å². The molecule has 33 heavy (non-hydrogen) atoms. The normalized spacial score (nSPS) is 10.9. The molecular formula is C26H22Cl2N2O3. The number of rotatable bonds is 8. The number of ether oxygens (including phenoxy) is 2. The van der Waals surface area contributed by atoms with Crippen molar-refractivity contribution in [3.8, 4) is 17.6 Å². The molecule has 168 valence electrons. The molecule has 0 aromatic heterocycles. The van der Waals surface area contributed by atoms with Crippen LogP contribution in [0.2, 0.25) is 10.0 Å². The lowest BCUT2D eigenvalue weighted by atomic mass is 10.1. The SMILES string of the molecule is Cc1ccc(C)c(OCCOc2c(Cl)cc(Cl)cc2C=C(C#N)C(=O)Nc2ccccc2)c1. The third kappa shape index (κ3) is 6.76. The van der Waals surface area contributed by atoms with Crippen LogP contribution < -0.4 is 14.8 Å². The maximum Gasteiger partial charge on any atom is 0.266 e. The van der Waals surface area contributed by atoms with Gasteiger partial charge < -0.3 is 14.8 Å². The summed E-state index contributed by atoms with van der Waals surface area (Å²) in [6, 6.07) is 19.9. The van der Waals surface area contributed by atoms with Gasteiger partial charge in [0.15, 0.2) is 0 Å². The van der Waals surface area contributed by atoms with Crippen molar-refractivity contribution in [3.63, 3.8) is 0 Å². The average Bonchev–Trinajstić information content (AvgIpc) is 2.79. The number of nitriles is 1. The highest BCUT2D eigenvalue weighted by Gasteiger charge is 2.15. The third-order valence-electron chi connectivity index (χ3n) is 4.66. The molecule has 1 N–H and O–H groups in total. The predicted octanol–water partition coefficient (Wildman–Crippen LogP) is 6.61. The Kier molecular flexibility index (Phi) is 8.37. The number of aryl methyl sites for hydroxylation is 2. The van der Waals surface area contributed by atoms with Crippen molar-refractivity contribution in [2.45, 2.75) is 13.8 Å². The Bertz CT molecular complexity index is 1220. The van der Waals surface area contributed by atoms with Gasteiger partial charge in [-0.25, -0.2) is 0 Å². The minimum absolute atomic E-state index is 0.117. The zero-order valence-corrected chi connectivity index (χ0v) is 19.7. The molecule has 0 aliphatic rings. The van der Waals surface area contributed by atoms with E-state index in [2.05, 4.69) is 5.32 Å². The Labute approximate surface area is 203 Å². The second kappa shape index (κ2) is 11.4. The number of nitrogens with zero attached hydrogens (tertiary/aromatic N) is 1. The Balaban J connectivity index is 1.76. The van der Waals surface area contributed by atoms with Crippen LogP contribution in [0.1, 0.15) is 16.7 Å². The van der Waals surface area contributed by atoms with E-state index >= 15 is 0 Å². The number of anilines is 1. The van der Waals surface area contributed by atoms with Crippen molar-refractivity contribution in [1.29, 1.82) is 5.26 Å². The summed E-state index contributed by atoms with van der Waals surface area (Å²) in [7, 11) is 0. The Hall–Kier alpha value is -3.46. The Morgan fingerprint density at radius 3 is 2.48 bits per heavy atom. The van der Waals surface area contributed by atoms with Crippen LogP contribution in [-0.4, -0.2) is 19.1 Å². The summed E-state index contributed by atoms with van der Waals surface area (Å²) in [5.41, 5.74) is 3.00. The van der Waals surface area contributed by atoms with Gasteiger partial charge in [0, 0.05) is 16.3 Å². The monoisotopic (exact) mass is 480 g/mol. The van der Waals surface area contributed by atoms with E-state index < -0.39 is 5.91 Å². The van der Waals surface area contributed by atoms with Crippen LogP contribution in [0.5, 0.6) is 11.5 Å². The highest BCUT2D eigenvalue weighted by molar-refractivity contribution is 6.36. The van der Waals surface area contributed by atoms with Gasteiger partial charge in [-0.3, -0.25) is 4.79 Å². The van der Waals surface area contributed by atoms with Crippen molar-refractivity contribution in [2.75, 3.05) is 18.5 Å². The first-order valence-electron chi connectivity index (χ1n) is 10.2. The number of hydrogen-bond donors (Lipinski definition) is 1. The zero-order chi connectivity index (χ0) is 23.8. The molecular weight excluding hydrogens is 459 g/mol. The van der Waals surface area contributed by atoms with Gasteiger partial charge in [-0.2, -0.15) is 5.26 Å². The standard InChI is InChI=1S/C26H22Cl2N2O3/c1-17-8-9-18(2)24(12-17)32-10-11-33-25-19(14-21(27)15-23(25)28)13-20(16-29)26(31)30-22-6-4-3-5-7-22/h3-9,12-15H,10-11H2,1-2H3,(H,30,31). The molecule has 0 aliphatic carbocycles. The minimum Gasteiger partial charge on any atom is -0.490 e. The lowest BCUT2D eigenvalue weighted by Crippen LogP contribution is -2.13. The number of nitrogens with one attached hydrogen (secondary N) is 1. The number of benzene rings is 3. The van der Waals surface area contributed by atoms with E-state index in [4.69, 9.17) is 32.7 Å². The lowest BCUT2D eigenvalue weighted by Gasteiger charge is -2.14. The summed E-state index contributed by atoms with van der Waals surface area (Å²) in [6.45, 7) is 4.45. The second-order valence-electron chi connectivity index (χ2n) is 7.26. The first kappa shape index (κ1) is 24.2. The number of para-hydroxylation sites is 1. The zero-order valence-electron chi connectivity index (χ0n) is 18.2. The molecule has 3 aromatic rings. The van der Waals surface area contributed by atoms with Crippen molar-refractivity contribution in [2.24, 2.45) is 0 Å². The van der Waals surface area contributed by atoms with E-state index in [0.29, 0.717) is 22.0 Å². The van der Waals surface area contributed by atoms with Crippen LogP contribution in [0.25, 0.3) is 6.08 Å². The van der Waals surface area contributed by atoms with E-state index in [9.17, 15) is 10.1 Å². The van der Waals surface area contributed by atoms with Crippen LogP contribution in [0.4, 0.5) is 5.69 Å². The number of halogens is 2. The van der Waals surface area contributed by atoms with Crippen LogP contribution in [0.3, 0.4) is 0 Å². The summed E-state index contributed by atoms with van der Waals surface area (Å²) in [4.78, 5) is 12.6. The molecule has 0 fully saturated rings. The predicted molar refractivity (Wildman–Crippen MR) is 132 cm³/mol. The molecule has 0 atom stereocenters.